The molecule has 0 aliphatic heterocycles. The van der Waals surface area contributed by atoms with E-state index in [0.29, 0.717) is 34.9 Å². The summed E-state index contributed by atoms with van der Waals surface area (Å²) >= 11 is 0. The number of nitrogens with one attached hydrogen (secondary N) is 1. The van der Waals surface area contributed by atoms with Gasteiger partial charge < -0.3 is 20.5 Å². The van der Waals surface area contributed by atoms with Crippen LogP contribution in [0.3, 0.4) is 0 Å². The van der Waals surface area contributed by atoms with Gasteiger partial charge in [-0.15, -0.1) is 0 Å². The van der Waals surface area contributed by atoms with Gasteiger partial charge in [0.15, 0.2) is 0 Å². The summed E-state index contributed by atoms with van der Waals surface area (Å²) < 4.78 is 12.0. The molecule has 7 heteroatoms. The molecule has 0 saturated carbocycles. The predicted octanol–water partition coefficient (Wildman–Crippen LogP) is 4.52. The van der Waals surface area contributed by atoms with Crippen molar-refractivity contribution < 1.29 is 14.3 Å². The molecule has 7 nitrogen and oxygen atoms in total. The number of nitrogen functional groups attached to an aromatic ring is 1. The van der Waals surface area contributed by atoms with Crippen LogP contribution in [0.1, 0.15) is 6.42 Å². The molecule has 0 fully saturated rings. The van der Waals surface area contributed by atoms with E-state index in [1.807, 2.05) is 54.6 Å². The molecular weight excluding hydrogens is 404 g/mol. The summed E-state index contributed by atoms with van der Waals surface area (Å²) in [4.78, 5) is 20.0. The molecule has 1 unspecified atom stereocenters. The summed E-state index contributed by atoms with van der Waals surface area (Å²) in [7, 11) is 0. The first-order valence-corrected chi connectivity index (χ1v) is 10.0. The van der Waals surface area contributed by atoms with Crippen LogP contribution >= 0.6 is 0 Å². The molecular formula is C25H22N4O3. The van der Waals surface area contributed by atoms with Crippen LogP contribution in [0.25, 0.3) is 11.1 Å². The van der Waals surface area contributed by atoms with Gasteiger partial charge in [0.05, 0.1) is 5.56 Å². The Morgan fingerprint density at radius 2 is 2.00 bits per heavy atom. The summed E-state index contributed by atoms with van der Waals surface area (Å²) in [6.07, 6.45) is 8.86. The molecule has 1 heterocycles. The highest BCUT2D eigenvalue weighted by Crippen LogP contribution is 2.35. The van der Waals surface area contributed by atoms with E-state index in [0.717, 1.165) is 5.75 Å². The molecule has 0 saturated heterocycles. The van der Waals surface area contributed by atoms with Crippen LogP contribution in [-0.4, -0.2) is 22.0 Å². The number of amides is 1. The SMILES string of the molecule is C=CC(=O)Nc1cccc(-c2c(N)ncnc2OC2=CCC(Oc3ccccc3)C=C2)c1. The van der Waals surface area contributed by atoms with Gasteiger partial charge in [0, 0.05) is 12.1 Å². The van der Waals surface area contributed by atoms with E-state index in [1.54, 1.807) is 18.2 Å². The first kappa shape index (κ1) is 20.9. The van der Waals surface area contributed by atoms with Crippen molar-refractivity contribution >= 4 is 17.4 Å². The third-order valence-electron chi connectivity index (χ3n) is 4.72. The number of allylic oxidation sites excluding steroid dienone is 1. The van der Waals surface area contributed by atoms with E-state index in [9.17, 15) is 4.79 Å². The molecule has 3 aromatic rings. The highest BCUT2D eigenvalue weighted by molar-refractivity contribution is 5.99. The Balaban J connectivity index is 1.52. The fourth-order valence-electron chi connectivity index (χ4n) is 3.21. The lowest BCUT2D eigenvalue weighted by molar-refractivity contribution is -0.111. The zero-order valence-electron chi connectivity index (χ0n) is 17.3. The number of anilines is 2. The number of carbonyl (C=O) groups is 1. The highest BCUT2D eigenvalue weighted by Gasteiger charge is 2.17. The zero-order chi connectivity index (χ0) is 22.3. The topological polar surface area (TPSA) is 99.4 Å². The third-order valence-corrected chi connectivity index (χ3v) is 4.72. The van der Waals surface area contributed by atoms with Gasteiger partial charge in [-0.2, -0.15) is 0 Å². The van der Waals surface area contributed by atoms with Crippen molar-refractivity contribution in [2.75, 3.05) is 11.1 Å². The average molecular weight is 426 g/mol. The second kappa shape index (κ2) is 9.61. The number of benzene rings is 2. The van der Waals surface area contributed by atoms with Crippen LogP contribution in [0.5, 0.6) is 11.6 Å². The second-order valence-electron chi connectivity index (χ2n) is 6.99. The Bertz CT molecular complexity index is 1190. The number of rotatable bonds is 7. The van der Waals surface area contributed by atoms with Crippen LogP contribution < -0.4 is 20.5 Å². The lowest BCUT2D eigenvalue weighted by Gasteiger charge is -2.19. The van der Waals surface area contributed by atoms with Crippen LogP contribution in [-0.2, 0) is 4.79 Å². The molecule has 1 atom stereocenters. The summed E-state index contributed by atoms with van der Waals surface area (Å²) in [5.74, 6) is 1.74. The van der Waals surface area contributed by atoms with Gasteiger partial charge in [-0.3, -0.25) is 4.79 Å². The lowest BCUT2D eigenvalue weighted by Crippen LogP contribution is -2.16. The number of hydrogen-bond donors (Lipinski definition) is 2. The van der Waals surface area contributed by atoms with E-state index in [-0.39, 0.29) is 17.8 Å². The summed E-state index contributed by atoms with van der Waals surface area (Å²) in [6, 6.07) is 16.9. The Morgan fingerprint density at radius 3 is 2.75 bits per heavy atom. The quantitative estimate of drug-likeness (QED) is 0.539. The van der Waals surface area contributed by atoms with Gasteiger partial charge in [0.1, 0.15) is 29.8 Å². The molecule has 1 aliphatic rings. The smallest absolute Gasteiger partial charge is 0.247 e. The van der Waals surface area contributed by atoms with Crippen molar-refractivity contribution in [2.45, 2.75) is 12.5 Å². The number of aromatic nitrogens is 2. The molecule has 3 N–H and O–H groups in total. The summed E-state index contributed by atoms with van der Waals surface area (Å²) in [6.45, 7) is 3.47. The number of ether oxygens (including phenoxy) is 2. The predicted molar refractivity (Wildman–Crippen MR) is 124 cm³/mol. The van der Waals surface area contributed by atoms with Gasteiger partial charge in [-0.05, 0) is 54.1 Å². The maximum absolute atomic E-state index is 11.6. The number of hydrogen-bond acceptors (Lipinski definition) is 6. The zero-order valence-corrected chi connectivity index (χ0v) is 17.3. The van der Waals surface area contributed by atoms with Gasteiger partial charge in [0.2, 0.25) is 11.8 Å². The minimum Gasteiger partial charge on any atom is -0.486 e. The van der Waals surface area contributed by atoms with Crippen molar-refractivity contribution in [1.29, 1.82) is 0 Å². The van der Waals surface area contributed by atoms with Crippen molar-refractivity contribution in [1.82, 2.24) is 9.97 Å². The molecule has 32 heavy (non-hydrogen) atoms. The summed E-state index contributed by atoms with van der Waals surface area (Å²) in [5, 5.41) is 2.73. The van der Waals surface area contributed by atoms with E-state index >= 15 is 0 Å². The Labute approximate surface area is 185 Å². The minimum absolute atomic E-state index is 0.0788. The second-order valence-corrected chi connectivity index (χ2v) is 6.99. The van der Waals surface area contributed by atoms with E-state index in [1.165, 1.54) is 12.4 Å². The van der Waals surface area contributed by atoms with Gasteiger partial charge in [-0.1, -0.05) is 36.9 Å². The van der Waals surface area contributed by atoms with Crippen molar-refractivity contribution in [3.63, 3.8) is 0 Å². The number of carbonyl (C=O) groups excluding carboxylic acids is 1. The normalized spacial score (nSPS) is 14.9. The minimum atomic E-state index is -0.305. The molecule has 0 spiro atoms. The lowest BCUT2D eigenvalue weighted by atomic mass is 10.1. The van der Waals surface area contributed by atoms with Gasteiger partial charge in [0.25, 0.3) is 0 Å². The van der Waals surface area contributed by atoms with Crippen LogP contribution in [0.15, 0.2) is 97.6 Å². The summed E-state index contributed by atoms with van der Waals surface area (Å²) in [5.41, 5.74) is 8.00. The average Bonchev–Trinajstić information content (AvgIpc) is 2.81. The van der Waals surface area contributed by atoms with E-state index in [4.69, 9.17) is 15.2 Å². The third kappa shape index (κ3) is 5.02. The fraction of sp³-hybridized carbons (Fsp3) is 0.0800. The van der Waals surface area contributed by atoms with Gasteiger partial charge in [-0.25, -0.2) is 9.97 Å². The standard InChI is InChI=1S/C25H22N4O3/c1-2-22(30)29-18-8-6-7-17(15-18)23-24(26)27-16-28-25(23)32-21-13-11-20(12-14-21)31-19-9-4-3-5-10-19/h2-11,13-16,20H,1,12H2,(H,29,30)(H2,26,27,28). The maximum Gasteiger partial charge on any atom is 0.247 e. The number of nitrogens with zero attached hydrogens (tertiary/aromatic N) is 2. The first-order chi connectivity index (χ1) is 15.6. The van der Waals surface area contributed by atoms with Crippen LogP contribution in [0, 0.1) is 0 Å². The van der Waals surface area contributed by atoms with Crippen molar-refractivity contribution in [3.8, 4) is 22.8 Å². The van der Waals surface area contributed by atoms with Gasteiger partial charge >= 0.3 is 0 Å². The number of nitrogens with two attached hydrogens (primary N) is 1. The molecule has 160 valence electrons. The Hall–Kier alpha value is -4.39. The molecule has 4 rings (SSSR count). The molecule has 1 amide bonds. The van der Waals surface area contributed by atoms with Crippen molar-refractivity contribution in [2.24, 2.45) is 0 Å². The molecule has 1 aliphatic carbocycles. The Morgan fingerprint density at radius 1 is 1.16 bits per heavy atom. The molecule has 2 aromatic carbocycles. The number of para-hydroxylation sites is 1. The molecule has 0 bridgehead atoms. The fourth-order valence-corrected chi connectivity index (χ4v) is 3.21. The largest absolute Gasteiger partial charge is 0.486 e. The van der Waals surface area contributed by atoms with E-state index in [2.05, 4.69) is 21.9 Å². The monoisotopic (exact) mass is 426 g/mol. The van der Waals surface area contributed by atoms with Crippen molar-refractivity contribution in [3.05, 3.63) is 97.6 Å². The highest BCUT2D eigenvalue weighted by atomic mass is 16.5. The van der Waals surface area contributed by atoms with Crippen LogP contribution in [0.4, 0.5) is 11.5 Å². The Kier molecular flexibility index (Phi) is 6.27. The maximum atomic E-state index is 11.6. The van der Waals surface area contributed by atoms with E-state index < -0.39 is 0 Å². The molecule has 1 aromatic heterocycles. The molecule has 0 radical (unpaired) electrons. The first-order valence-electron chi connectivity index (χ1n) is 10.0. The van der Waals surface area contributed by atoms with Crippen LogP contribution in [0.2, 0.25) is 0 Å².